The summed E-state index contributed by atoms with van der Waals surface area (Å²) in [7, 11) is 0. The molecule has 16 heavy (non-hydrogen) atoms. The van der Waals surface area contributed by atoms with E-state index in [1.807, 2.05) is 0 Å². The van der Waals surface area contributed by atoms with Gasteiger partial charge in [0.1, 0.15) is 5.82 Å². The van der Waals surface area contributed by atoms with Crippen molar-refractivity contribution in [3.05, 3.63) is 34.6 Å². The van der Waals surface area contributed by atoms with E-state index in [2.05, 4.69) is 33.8 Å². The van der Waals surface area contributed by atoms with Gasteiger partial charge in [-0.1, -0.05) is 26.8 Å². The summed E-state index contributed by atoms with van der Waals surface area (Å²) in [6.07, 6.45) is 2.47. The quantitative estimate of drug-likeness (QED) is 0.688. The Morgan fingerprint density at radius 3 is 2.31 bits per heavy atom. The van der Waals surface area contributed by atoms with Crippen molar-refractivity contribution in [2.75, 3.05) is 0 Å². The van der Waals surface area contributed by atoms with E-state index < -0.39 is 0 Å². The van der Waals surface area contributed by atoms with Crippen molar-refractivity contribution in [2.45, 2.75) is 52.4 Å². The number of halogens is 1. The second kappa shape index (κ2) is 4.20. The van der Waals surface area contributed by atoms with Gasteiger partial charge in [-0.3, -0.25) is 0 Å². The minimum absolute atomic E-state index is 0.00583. The molecule has 0 aromatic heterocycles. The molecule has 1 fully saturated rings. The maximum absolute atomic E-state index is 14.0. The molecule has 1 saturated carbocycles. The molecule has 1 aromatic rings. The lowest BCUT2D eigenvalue weighted by atomic mass is 9.87. The summed E-state index contributed by atoms with van der Waals surface area (Å²) in [4.78, 5) is 0. The predicted molar refractivity (Wildman–Crippen MR) is 66.4 cm³/mol. The monoisotopic (exact) mass is 220 g/mol. The molecule has 0 amide bonds. The standard InChI is InChI=1S/C15H21F/c1-9(2)11(4)14-7-10(3)13(8-15(14)16)12-5-6-12/h7-9,11-12H,5-6H2,1-4H3/t11-/m1/s1. The summed E-state index contributed by atoms with van der Waals surface area (Å²) in [5, 5.41) is 0. The zero-order valence-electron chi connectivity index (χ0n) is 10.7. The third kappa shape index (κ3) is 2.14. The first-order valence-corrected chi connectivity index (χ1v) is 6.30. The van der Waals surface area contributed by atoms with Gasteiger partial charge in [-0.05, 0) is 60.3 Å². The minimum atomic E-state index is -0.00583. The zero-order valence-corrected chi connectivity index (χ0v) is 10.7. The number of hydrogen-bond acceptors (Lipinski definition) is 0. The Bertz CT molecular complexity index is 389. The molecular formula is C15H21F. The molecule has 0 unspecified atom stereocenters. The lowest BCUT2D eigenvalue weighted by Crippen LogP contribution is -2.06. The van der Waals surface area contributed by atoms with E-state index in [-0.39, 0.29) is 5.82 Å². The number of hydrogen-bond donors (Lipinski definition) is 0. The second-order valence-electron chi connectivity index (χ2n) is 5.54. The van der Waals surface area contributed by atoms with E-state index in [9.17, 15) is 4.39 Å². The molecule has 0 bridgehead atoms. The van der Waals surface area contributed by atoms with Crippen LogP contribution in [0.15, 0.2) is 12.1 Å². The van der Waals surface area contributed by atoms with Crippen LogP contribution in [0, 0.1) is 18.7 Å². The Morgan fingerprint density at radius 2 is 1.81 bits per heavy atom. The van der Waals surface area contributed by atoms with Crippen LogP contribution in [-0.2, 0) is 0 Å². The maximum atomic E-state index is 14.0. The average Bonchev–Trinajstić information content (AvgIpc) is 3.03. The van der Waals surface area contributed by atoms with Gasteiger partial charge in [0.25, 0.3) is 0 Å². The van der Waals surface area contributed by atoms with Crippen LogP contribution in [0.2, 0.25) is 0 Å². The topological polar surface area (TPSA) is 0 Å². The van der Waals surface area contributed by atoms with E-state index >= 15 is 0 Å². The first-order chi connectivity index (χ1) is 7.50. The van der Waals surface area contributed by atoms with Gasteiger partial charge < -0.3 is 0 Å². The third-order valence-corrected chi connectivity index (χ3v) is 3.89. The molecule has 1 atom stereocenters. The lowest BCUT2D eigenvalue weighted by Gasteiger charge is -2.18. The van der Waals surface area contributed by atoms with Crippen molar-refractivity contribution in [1.29, 1.82) is 0 Å². The van der Waals surface area contributed by atoms with E-state index in [1.165, 1.54) is 24.0 Å². The molecule has 0 spiro atoms. The van der Waals surface area contributed by atoms with Crippen LogP contribution in [-0.4, -0.2) is 0 Å². The number of aryl methyl sites for hydroxylation is 1. The van der Waals surface area contributed by atoms with Crippen LogP contribution in [0.4, 0.5) is 4.39 Å². The smallest absolute Gasteiger partial charge is 0.126 e. The maximum Gasteiger partial charge on any atom is 0.126 e. The van der Waals surface area contributed by atoms with E-state index in [0.717, 1.165) is 5.56 Å². The molecule has 0 N–H and O–H groups in total. The highest BCUT2D eigenvalue weighted by atomic mass is 19.1. The molecule has 1 aromatic carbocycles. The molecule has 2 rings (SSSR count). The fourth-order valence-electron chi connectivity index (χ4n) is 2.26. The van der Waals surface area contributed by atoms with Gasteiger partial charge in [0.05, 0.1) is 0 Å². The van der Waals surface area contributed by atoms with Gasteiger partial charge in [0.15, 0.2) is 0 Å². The minimum Gasteiger partial charge on any atom is -0.207 e. The molecule has 0 nitrogen and oxygen atoms in total. The molecule has 1 heteroatoms. The average molecular weight is 220 g/mol. The predicted octanol–water partition coefficient (Wildman–Crippen LogP) is 4.77. The molecule has 0 saturated heterocycles. The summed E-state index contributed by atoms with van der Waals surface area (Å²) in [5.74, 6) is 1.42. The van der Waals surface area contributed by atoms with Crippen LogP contribution < -0.4 is 0 Å². The summed E-state index contributed by atoms with van der Waals surface area (Å²) >= 11 is 0. The fraction of sp³-hybridized carbons (Fsp3) is 0.600. The molecule has 1 aliphatic rings. The van der Waals surface area contributed by atoms with Gasteiger partial charge in [0.2, 0.25) is 0 Å². The van der Waals surface area contributed by atoms with Crippen molar-refractivity contribution in [3.63, 3.8) is 0 Å². The Balaban J connectivity index is 2.37. The molecule has 1 aliphatic carbocycles. The lowest BCUT2D eigenvalue weighted by molar-refractivity contribution is 0.500. The van der Waals surface area contributed by atoms with Crippen molar-refractivity contribution in [2.24, 2.45) is 5.92 Å². The Hall–Kier alpha value is -0.850. The molecule has 0 radical (unpaired) electrons. The first kappa shape index (κ1) is 11.6. The molecule has 88 valence electrons. The normalized spacial score (nSPS) is 17.9. The second-order valence-corrected chi connectivity index (χ2v) is 5.54. The third-order valence-electron chi connectivity index (χ3n) is 3.89. The van der Waals surface area contributed by atoms with Crippen LogP contribution in [0.25, 0.3) is 0 Å². The SMILES string of the molecule is Cc1cc([C@H](C)C(C)C)c(F)cc1C1CC1. The largest absolute Gasteiger partial charge is 0.207 e. The van der Waals surface area contributed by atoms with Crippen molar-refractivity contribution in [3.8, 4) is 0 Å². The molecule has 0 aliphatic heterocycles. The van der Waals surface area contributed by atoms with Crippen LogP contribution in [0.1, 0.15) is 62.1 Å². The van der Waals surface area contributed by atoms with Gasteiger partial charge in [-0.25, -0.2) is 4.39 Å². The van der Waals surface area contributed by atoms with Crippen LogP contribution >= 0.6 is 0 Å². The molecular weight excluding hydrogens is 199 g/mol. The Kier molecular flexibility index (Phi) is 3.05. The van der Waals surface area contributed by atoms with E-state index in [1.54, 1.807) is 6.07 Å². The first-order valence-electron chi connectivity index (χ1n) is 6.30. The highest BCUT2D eigenvalue weighted by Crippen LogP contribution is 2.42. The van der Waals surface area contributed by atoms with E-state index in [0.29, 0.717) is 17.8 Å². The van der Waals surface area contributed by atoms with Crippen molar-refractivity contribution < 1.29 is 4.39 Å². The summed E-state index contributed by atoms with van der Waals surface area (Å²) in [6, 6.07) is 3.84. The van der Waals surface area contributed by atoms with Crippen LogP contribution in [0.5, 0.6) is 0 Å². The number of rotatable bonds is 3. The Labute approximate surface area is 97.9 Å². The van der Waals surface area contributed by atoms with Gasteiger partial charge >= 0.3 is 0 Å². The fourth-order valence-corrected chi connectivity index (χ4v) is 2.26. The van der Waals surface area contributed by atoms with Gasteiger partial charge in [-0.2, -0.15) is 0 Å². The van der Waals surface area contributed by atoms with Gasteiger partial charge in [0, 0.05) is 0 Å². The van der Waals surface area contributed by atoms with Gasteiger partial charge in [-0.15, -0.1) is 0 Å². The zero-order chi connectivity index (χ0) is 11.9. The van der Waals surface area contributed by atoms with Crippen molar-refractivity contribution >= 4 is 0 Å². The molecule has 0 heterocycles. The Morgan fingerprint density at radius 1 is 1.19 bits per heavy atom. The summed E-state index contributed by atoms with van der Waals surface area (Å²) in [5.41, 5.74) is 3.39. The number of benzene rings is 1. The van der Waals surface area contributed by atoms with Crippen LogP contribution in [0.3, 0.4) is 0 Å². The highest BCUT2D eigenvalue weighted by molar-refractivity contribution is 5.38. The summed E-state index contributed by atoms with van der Waals surface area (Å²) < 4.78 is 14.0. The van der Waals surface area contributed by atoms with Crippen molar-refractivity contribution in [1.82, 2.24) is 0 Å². The van der Waals surface area contributed by atoms with E-state index in [4.69, 9.17) is 0 Å². The summed E-state index contributed by atoms with van der Waals surface area (Å²) in [6.45, 7) is 8.52. The highest BCUT2D eigenvalue weighted by Gasteiger charge is 2.27.